The van der Waals surface area contributed by atoms with Gasteiger partial charge in [0, 0.05) is 0 Å². The number of nitrogens with zero attached hydrogens (tertiary/aromatic N) is 3. The van der Waals surface area contributed by atoms with Crippen LogP contribution in [0.1, 0.15) is 24.1 Å². The molecule has 6 nitrogen and oxygen atoms in total. The highest BCUT2D eigenvalue weighted by atomic mass is 32.2. The van der Waals surface area contributed by atoms with Crippen LogP contribution in [-0.4, -0.2) is 26.4 Å². The summed E-state index contributed by atoms with van der Waals surface area (Å²) in [7, 11) is 0. The average Bonchev–Trinajstić information content (AvgIpc) is 3.53. The second kappa shape index (κ2) is 9.97. The molecule has 0 unspecified atom stereocenters. The third-order valence-corrected chi connectivity index (χ3v) is 6.61. The van der Waals surface area contributed by atoms with Crippen molar-refractivity contribution in [3.63, 3.8) is 0 Å². The van der Waals surface area contributed by atoms with Crippen molar-refractivity contribution in [2.24, 2.45) is 0 Å². The number of furan rings is 1. The molecule has 1 amide bonds. The molecule has 1 N–H and O–H groups in total. The van der Waals surface area contributed by atoms with Gasteiger partial charge >= 0.3 is 0 Å². The number of aromatic nitrogens is 3. The van der Waals surface area contributed by atoms with Gasteiger partial charge in [0.15, 0.2) is 10.9 Å². The van der Waals surface area contributed by atoms with Crippen molar-refractivity contribution in [2.75, 3.05) is 5.75 Å². The van der Waals surface area contributed by atoms with E-state index in [1.54, 1.807) is 6.26 Å². The number of carbonyl (C=O) groups excluding carboxylic acids is 1. The molecule has 0 bridgehead atoms. The number of fused-ring (bicyclic) bond motifs is 1. The maximum Gasteiger partial charge on any atom is 0.230 e. The van der Waals surface area contributed by atoms with Crippen molar-refractivity contribution < 1.29 is 9.21 Å². The normalized spacial score (nSPS) is 12.0. The summed E-state index contributed by atoms with van der Waals surface area (Å²) in [5, 5.41) is 14.8. The van der Waals surface area contributed by atoms with Gasteiger partial charge in [0.05, 0.1) is 24.6 Å². The van der Waals surface area contributed by atoms with Gasteiger partial charge in [-0.2, -0.15) is 0 Å². The third kappa shape index (κ3) is 4.75. The Morgan fingerprint density at radius 2 is 1.76 bits per heavy atom. The van der Waals surface area contributed by atoms with Crippen LogP contribution in [0, 0.1) is 0 Å². The van der Waals surface area contributed by atoms with Crippen molar-refractivity contribution in [3.8, 4) is 11.6 Å². The lowest BCUT2D eigenvalue weighted by atomic mass is 10.00. The lowest BCUT2D eigenvalue weighted by molar-refractivity contribution is -0.119. The van der Waals surface area contributed by atoms with E-state index in [-0.39, 0.29) is 17.7 Å². The molecule has 34 heavy (non-hydrogen) atoms. The number of benzene rings is 3. The van der Waals surface area contributed by atoms with Crippen molar-refractivity contribution in [3.05, 3.63) is 102 Å². The molecule has 1 atom stereocenters. The molecule has 0 aliphatic carbocycles. The van der Waals surface area contributed by atoms with Crippen molar-refractivity contribution >= 4 is 28.4 Å². The van der Waals surface area contributed by atoms with Gasteiger partial charge < -0.3 is 9.73 Å². The minimum absolute atomic E-state index is 0.0563. The summed E-state index contributed by atoms with van der Waals surface area (Å²) < 4.78 is 7.55. The van der Waals surface area contributed by atoms with Crippen molar-refractivity contribution in [2.45, 2.75) is 24.7 Å². The smallest absolute Gasteiger partial charge is 0.230 e. The maximum absolute atomic E-state index is 12.8. The second-order valence-corrected chi connectivity index (χ2v) is 8.94. The molecule has 3 aromatic carbocycles. The van der Waals surface area contributed by atoms with Gasteiger partial charge in [-0.25, -0.2) is 0 Å². The predicted octanol–water partition coefficient (Wildman–Crippen LogP) is 5.71. The quantitative estimate of drug-likeness (QED) is 0.295. The Balaban J connectivity index is 1.31. The molecule has 0 aliphatic heterocycles. The SMILES string of the molecule is C[C@H](NC(=O)CSc1nnc(-c2ccco2)n1Cc1ccccc1)c1cccc2ccccc12. The number of thioether (sulfide) groups is 1. The maximum atomic E-state index is 12.8. The largest absolute Gasteiger partial charge is 0.461 e. The topological polar surface area (TPSA) is 73.0 Å². The van der Waals surface area contributed by atoms with Crippen LogP contribution < -0.4 is 5.32 Å². The highest BCUT2D eigenvalue weighted by Gasteiger charge is 2.19. The Kier molecular flexibility index (Phi) is 6.44. The molecule has 2 aromatic heterocycles. The van der Waals surface area contributed by atoms with E-state index in [4.69, 9.17) is 4.42 Å². The molecular formula is C27H24N4O2S. The minimum Gasteiger partial charge on any atom is -0.461 e. The van der Waals surface area contributed by atoms with Gasteiger partial charge in [0.1, 0.15) is 0 Å². The lowest BCUT2D eigenvalue weighted by Crippen LogP contribution is -2.28. The number of carbonyl (C=O) groups is 1. The zero-order valence-electron chi connectivity index (χ0n) is 18.7. The lowest BCUT2D eigenvalue weighted by Gasteiger charge is -2.16. The Morgan fingerprint density at radius 3 is 2.59 bits per heavy atom. The highest BCUT2D eigenvalue weighted by Crippen LogP contribution is 2.27. The minimum atomic E-state index is -0.111. The molecule has 0 saturated carbocycles. The summed E-state index contributed by atoms with van der Waals surface area (Å²) in [6.45, 7) is 2.59. The molecule has 0 radical (unpaired) electrons. The Morgan fingerprint density at radius 1 is 0.971 bits per heavy atom. The molecular weight excluding hydrogens is 444 g/mol. The van der Waals surface area contributed by atoms with E-state index in [0.717, 1.165) is 21.9 Å². The van der Waals surface area contributed by atoms with Crippen molar-refractivity contribution in [1.82, 2.24) is 20.1 Å². The molecule has 2 heterocycles. The Hall–Kier alpha value is -3.84. The van der Waals surface area contributed by atoms with Crippen LogP contribution in [0.25, 0.3) is 22.4 Å². The van der Waals surface area contributed by atoms with Crippen LogP contribution in [0.3, 0.4) is 0 Å². The monoisotopic (exact) mass is 468 g/mol. The zero-order chi connectivity index (χ0) is 23.3. The van der Waals surface area contributed by atoms with E-state index in [2.05, 4.69) is 51.9 Å². The van der Waals surface area contributed by atoms with E-state index in [0.29, 0.717) is 23.3 Å². The van der Waals surface area contributed by atoms with Gasteiger partial charge in [0.25, 0.3) is 0 Å². The first kappa shape index (κ1) is 22.0. The fourth-order valence-electron chi connectivity index (χ4n) is 4.01. The molecule has 170 valence electrons. The van der Waals surface area contributed by atoms with Gasteiger partial charge in [0.2, 0.25) is 11.7 Å². The summed E-state index contributed by atoms with van der Waals surface area (Å²) in [5.41, 5.74) is 2.22. The first-order chi connectivity index (χ1) is 16.7. The molecule has 0 spiro atoms. The molecule has 0 fully saturated rings. The highest BCUT2D eigenvalue weighted by molar-refractivity contribution is 7.99. The molecule has 7 heteroatoms. The van der Waals surface area contributed by atoms with Crippen LogP contribution in [-0.2, 0) is 11.3 Å². The zero-order valence-corrected chi connectivity index (χ0v) is 19.5. The van der Waals surface area contributed by atoms with Crippen LogP contribution >= 0.6 is 11.8 Å². The number of nitrogens with one attached hydrogen (secondary N) is 1. The van der Waals surface area contributed by atoms with Gasteiger partial charge in [-0.3, -0.25) is 9.36 Å². The summed E-state index contributed by atoms with van der Waals surface area (Å²) in [6, 6.07) is 28.1. The molecule has 0 aliphatic rings. The first-order valence-corrected chi connectivity index (χ1v) is 12.1. The van der Waals surface area contributed by atoms with Crippen LogP contribution in [0.2, 0.25) is 0 Å². The van der Waals surface area contributed by atoms with Crippen LogP contribution in [0.15, 0.2) is 101 Å². The summed E-state index contributed by atoms with van der Waals surface area (Å²) in [5.74, 6) is 1.46. The van der Waals surface area contributed by atoms with Gasteiger partial charge in [-0.05, 0) is 41.0 Å². The average molecular weight is 469 g/mol. The first-order valence-electron chi connectivity index (χ1n) is 11.1. The number of amides is 1. The van der Waals surface area contributed by atoms with E-state index >= 15 is 0 Å². The Labute approximate surface area is 202 Å². The van der Waals surface area contributed by atoms with Crippen LogP contribution in [0.4, 0.5) is 0 Å². The molecule has 0 saturated heterocycles. The number of hydrogen-bond donors (Lipinski definition) is 1. The van der Waals surface area contributed by atoms with E-state index in [1.807, 2.05) is 60.0 Å². The summed E-state index contributed by atoms with van der Waals surface area (Å²) >= 11 is 1.37. The third-order valence-electron chi connectivity index (χ3n) is 5.64. The Bertz CT molecular complexity index is 1390. The van der Waals surface area contributed by atoms with Crippen molar-refractivity contribution in [1.29, 1.82) is 0 Å². The van der Waals surface area contributed by atoms with E-state index in [1.165, 1.54) is 11.8 Å². The number of hydrogen-bond acceptors (Lipinski definition) is 5. The predicted molar refractivity (Wildman–Crippen MR) is 134 cm³/mol. The fraction of sp³-hybridized carbons (Fsp3) is 0.148. The van der Waals surface area contributed by atoms with E-state index in [9.17, 15) is 4.79 Å². The fourth-order valence-corrected chi connectivity index (χ4v) is 4.76. The molecule has 5 rings (SSSR count). The van der Waals surface area contributed by atoms with Gasteiger partial charge in [-0.1, -0.05) is 84.6 Å². The second-order valence-electron chi connectivity index (χ2n) is 8.00. The van der Waals surface area contributed by atoms with Gasteiger partial charge in [-0.15, -0.1) is 10.2 Å². The standard InChI is InChI=1S/C27H24N4O2S/c1-19(22-14-7-12-21-11-5-6-13-23(21)22)28-25(32)18-34-27-30-29-26(24-15-8-16-33-24)31(27)17-20-9-3-2-4-10-20/h2-16,19H,17-18H2,1H3,(H,28,32)/t19-/m0/s1. The number of rotatable bonds is 8. The summed E-state index contributed by atoms with van der Waals surface area (Å²) in [6.07, 6.45) is 1.62. The van der Waals surface area contributed by atoms with E-state index < -0.39 is 0 Å². The van der Waals surface area contributed by atoms with Crippen LogP contribution in [0.5, 0.6) is 0 Å². The molecule has 5 aromatic rings. The summed E-state index contributed by atoms with van der Waals surface area (Å²) in [4.78, 5) is 12.8.